The Hall–Kier alpha value is -0.870. The third-order valence-electron chi connectivity index (χ3n) is 1.71. The molecule has 0 heterocycles. The van der Waals surface area contributed by atoms with Gasteiger partial charge in [0.1, 0.15) is 0 Å². The van der Waals surface area contributed by atoms with Gasteiger partial charge in [0.05, 0.1) is 11.2 Å². The highest BCUT2D eigenvalue weighted by atomic mass is 16.4. The maximum absolute atomic E-state index is 9.60. The Morgan fingerprint density at radius 2 is 1.25 bits per heavy atom. The number of hydrogen-bond acceptors (Lipinski definition) is 3. The second kappa shape index (κ2) is 6.66. The van der Waals surface area contributed by atoms with Gasteiger partial charge >= 0.3 is 5.97 Å². The van der Waals surface area contributed by atoms with Crippen LogP contribution in [0.3, 0.4) is 0 Å². The van der Waals surface area contributed by atoms with Gasteiger partial charge in [0, 0.05) is 5.57 Å². The van der Waals surface area contributed by atoms with E-state index in [-0.39, 0.29) is 5.57 Å². The summed E-state index contributed by atoms with van der Waals surface area (Å²) in [4.78, 5) is 9.60. The lowest BCUT2D eigenvalue weighted by Gasteiger charge is -2.23. The fraction of sp³-hybridized carbons (Fsp3) is 0.750. The van der Waals surface area contributed by atoms with Crippen LogP contribution in [0.25, 0.3) is 0 Å². The molecule has 0 unspecified atom stereocenters. The summed E-state index contributed by atoms with van der Waals surface area (Å²) in [6.45, 7) is 11.6. The lowest BCUT2D eigenvalue weighted by molar-refractivity contribution is -0.132. The molecule has 0 atom stereocenters. The van der Waals surface area contributed by atoms with Gasteiger partial charge in [-0.3, -0.25) is 0 Å². The average molecular weight is 232 g/mol. The molecule has 0 fully saturated rings. The van der Waals surface area contributed by atoms with E-state index in [1.54, 1.807) is 27.7 Å². The molecule has 96 valence electrons. The SMILES string of the molecule is C=C(C)C(=O)O.CC(C)(O)CCC(C)(C)O. The van der Waals surface area contributed by atoms with Crippen LogP contribution in [-0.4, -0.2) is 32.5 Å². The maximum atomic E-state index is 9.60. The molecule has 0 aliphatic rings. The van der Waals surface area contributed by atoms with E-state index < -0.39 is 17.2 Å². The van der Waals surface area contributed by atoms with Gasteiger partial charge in [0.2, 0.25) is 0 Å². The van der Waals surface area contributed by atoms with Gasteiger partial charge in [-0.1, -0.05) is 6.58 Å². The molecule has 0 aliphatic heterocycles. The lowest BCUT2D eigenvalue weighted by Crippen LogP contribution is -2.26. The van der Waals surface area contributed by atoms with Crippen LogP contribution in [0.2, 0.25) is 0 Å². The van der Waals surface area contributed by atoms with E-state index >= 15 is 0 Å². The number of carboxylic acids is 1. The van der Waals surface area contributed by atoms with Crippen molar-refractivity contribution < 1.29 is 20.1 Å². The molecule has 0 radical (unpaired) electrons. The van der Waals surface area contributed by atoms with Gasteiger partial charge in [-0.25, -0.2) is 4.79 Å². The number of aliphatic carboxylic acids is 1. The van der Waals surface area contributed by atoms with Crippen LogP contribution in [0, 0.1) is 0 Å². The summed E-state index contributed by atoms with van der Waals surface area (Å²) >= 11 is 0. The highest BCUT2D eigenvalue weighted by Crippen LogP contribution is 2.17. The Kier molecular flexibility index (Phi) is 7.29. The Labute approximate surface area is 97.6 Å². The molecule has 0 amide bonds. The molecule has 0 spiro atoms. The standard InChI is InChI=1S/C8H18O2.C4H6O2/c1-7(2,9)5-6-8(3,4)10;1-3(2)4(5)6/h9-10H,5-6H2,1-4H3;1H2,2H3,(H,5,6). The fourth-order valence-corrected chi connectivity index (χ4v) is 0.612. The Bertz CT molecular complexity index is 204. The minimum atomic E-state index is -0.935. The number of rotatable bonds is 4. The van der Waals surface area contributed by atoms with Crippen molar-refractivity contribution in [3.05, 3.63) is 12.2 Å². The molecule has 3 N–H and O–H groups in total. The zero-order valence-corrected chi connectivity index (χ0v) is 10.9. The van der Waals surface area contributed by atoms with Crippen molar-refractivity contribution >= 4 is 5.97 Å². The molecule has 0 rings (SSSR count). The number of carbonyl (C=O) groups is 1. The summed E-state index contributed by atoms with van der Waals surface area (Å²) in [6, 6.07) is 0. The molecular formula is C12H24O4. The first-order chi connectivity index (χ1) is 6.85. The van der Waals surface area contributed by atoms with E-state index in [9.17, 15) is 15.0 Å². The molecule has 0 aliphatic carbocycles. The smallest absolute Gasteiger partial charge is 0.330 e. The van der Waals surface area contributed by atoms with E-state index in [1.807, 2.05) is 0 Å². The zero-order valence-electron chi connectivity index (χ0n) is 10.9. The van der Waals surface area contributed by atoms with E-state index in [4.69, 9.17) is 5.11 Å². The lowest BCUT2D eigenvalue weighted by atomic mass is 9.94. The second-order valence-electron chi connectivity index (χ2n) is 5.21. The molecule has 16 heavy (non-hydrogen) atoms. The molecule has 0 aromatic carbocycles. The van der Waals surface area contributed by atoms with E-state index in [0.29, 0.717) is 12.8 Å². The quantitative estimate of drug-likeness (QED) is 0.647. The normalized spacial score (nSPS) is 11.4. The summed E-state index contributed by atoms with van der Waals surface area (Å²) in [7, 11) is 0. The molecule has 0 saturated carbocycles. The first kappa shape index (κ1) is 17.5. The molecule has 0 saturated heterocycles. The third kappa shape index (κ3) is 18.8. The molecular weight excluding hydrogens is 208 g/mol. The summed E-state index contributed by atoms with van der Waals surface area (Å²) in [5.74, 6) is -0.935. The van der Waals surface area contributed by atoms with Gasteiger partial charge in [-0.15, -0.1) is 0 Å². The van der Waals surface area contributed by atoms with Crippen LogP contribution in [0.4, 0.5) is 0 Å². The van der Waals surface area contributed by atoms with Crippen LogP contribution in [-0.2, 0) is 4.79 Å². The summed E-state index contributed by atoms with van der Waals surface area (Å²) in [5, 5.41) is 26.4. The molecule has 0 bridgehead atoms. The van der Waals surface area contributed by atoms with Gasteiger partial charge < -0.3 is 15.3 Å². The van der Waals surface area contributed by atoms with Gasteiger partial charge in [0.15, 0.2) is 0 Å². The second-order valence-corrected chi connectivity index (χ2v) is 5.21. The first-order valence-electron chi connectivity index (χ1n) is 5.19. The van der Waals surface area contributed by atoms with Crippen LogP contribution >= 0.6 is 0 Å². The minimum Gasteiger partial charge on any atom is -0.478 e. The number of hydrogen-bond donors (Lipinski definition) is 3. The van der Waals surface area contributed by atoms with Crippen LogP contribution in [0.15, 0.2) is 12.2 Å². The maximum Gasteiger partial charge on any atom is 0.330 e. The molecule has 4 nitrogen and oxygen atoms in total. The van der Waals surface area contributed by atoms with Gasteiger partial charge in [-0.2, -0.15) is 0 Å². The summed E-state index contributed by atoms with van der Waals surface area (Å²) in [5.41, 5.74) is -1.13. The van der Waals surface area contributed by atoms with Crippen LogP contribution < -0.4 is 0 Å². The fourth-order valence-electron chi connectivity index (χ4n) is 0.612. The highest BCUT2D eigenvalue weighted by Gasteiger charge is 2.19. The van der Waals surface area contributed by atoms with Crippen LogP contribution in [0.5, 0.6) is 0 Å². The summed E-state index contributed by atoms with van der Waals surface area (Å²) in [6.07, 6.45) is 1.27. The van der Waals surface area contributed by atoms with Crippen molar-refractivity contribution in [2.45, 2.75) is 58.7 Å². The number of aliphatic hydroxyl groups is 2. The topological polar surface area (TPSA) is 77.8 Å². The largest absolute Gasteiger partial charge is 0.478 e. The Morgan fingerprint density at radius 3 is 1.31 bits per heavy atom. The third-order valence-corrected chi connectivity index (χ3v) is 1.71. The zero-order chi connectivity index (χ0) is 13.6. The van der Waals surface area contributed by atoms with E-state index in [1.165, 1.54) is 6.92 Å². The summed E-state index contributed by atoms with van der Waals surface area (Å²) < 4.78 is 0. The Balaban J connectivity index is 0. The Morgan fingerprint density at radius 1 is 1.06 bits per heavy atom. The minimum absolute atomic E-state index is 0.176. The predicted octanol–water partition coefficient (Wildman–Crippen LogP) is 1.96. The van der Waals surface area contributed by atoms with Crippen molar-refractivity contribution in [2.24, 2.45) is 0 Å². The van der Waals surface area contributed by atoms with E-state index in [2.05, 4.69) is 6.58 Å². The van der Waals surface area contributed by atoms with Crippen molar-refractivity contribution in [1.29, 1.82) is 0 Å². The molecule has 0 aromatic heterocycles. The number of carboxylic acid groups (broad SMARTS) is 1. The van der Waals surface area contributed by atoms with Crippen LogP contribution in [0.1, 0.15) is 47.5 Å². The monoisotopic (exact) mass is 232 g/mol. The van der Waals surface area contributed by atoms with Crippen molar-refractivity contribution in [3.8, 4) is 0 Å². The van der Waals surface area contributed by atoms with Crippen molar-refractivity contribution in [3.63, 3.8) is 0 Å². The first-order valence-corrected chi connectivity index (χ1v) is 5.19. The predicted molar refractivity (Wildman–Crippen MR) is 64.3 cm³/mol. The molecule has 0 aromatic rings. The van der Waals surface area contributed by atoms with E-state index in [0.717, 1.165) is 0 Å². The van der Waals surface area contributed by atoms with Gasteiger partial charge in [0.25, 0.3) is 0 Å². The highest BCUT2D eigenvalue weighted by molar-refractivity contribution is 5.84. The van der Waals surface area contributed by atoms with Crippen molar-refractivity contribution in [2.75, 3.05) is 0 Å². The molecule has 4 heteroatoms. The average Bonchev–Trinajstić information content (AvgIpc) is 1.99. The van der Waals surface area contributed by atoms with Crippen molar-refractivity contribution in [1.82, 2.24) is 0 Å². The van der Waals surface area contributed by atoms with Gasteiger partial charge in [-0.05, 0) is 47.5 Å².